The van der Waals surface area contributed by atoms with E-state index in [1.807, 2.05) is 17.0 Å². The van der Waals surface area contributed by atoms with Crippen LogP contribution in [0.1, 0.15) is 19.8 Å². The summed E-state index contributed by atoms with van der Waals surface area (Å²) in [4.78, 5) is 25.3. The number of fused-ring (bicyclic) bond motifs is 1. The summed E-state index contributed by atoms with van der Waals surface area (Å²) < 4.78 is 16.4. The molecule has 1 aromatic carbocycles. The van der Waals surface area contributed by atoms with Gasteiger partial charge in [-0.2, -0.15) is 4.98 Å². The van der Waals surface area contributed by atoms with Crippen LogP contribution in [0.5, 0.6) is 11.5 Å². The lowest BCUT2D eigenvalue weighted by Crippen LogP contribution is -2.41. The summed E-state index contributed by atoms with van der Waals surface area (Å²) in [5.74, 6) is 2.87. The zero-order valence-corrected chi connectivity index (χ0v) is 17.8. The molecule has 1 amide bonds. The van der Waals surface area contributed by atoms with Crippen LogP contribution in [0.3, 0.4) is 0 Å². The Labute approximate surface area is 176 Å². The van der Waals surface area contributed by atoms with E-state index in [-0.39, 0.29) is 11.9 Å². The minimum absolute atomic E-state index is 0.132. The highest BCUT2D eigenvalue weighted by atomic mass is 16.5. The molecular weight excluding hydrogens is 386 g/mol. The average Bonchev–Trinajstić information content (AvgIpc) is 2.79. The van der Waals surface area contributed by atoms with Gasteiger partial charge in [0, 0.05) is 50.6 Å². The number of piperidine rings is 1. The van der Waals surface area contributed by atoms with Gasteiger partial charge in [-0.1, -0.05) is 0 Å². The quantitative estimate of drug-likeness (QED) is 0.792. The number of hydrogen-bond donors (Lipinski definition) is 1. The predicted molar refractivity (Wildman–Crippen MR) is 115 cm³/mol. The van der Waals surface area contributed by atoms with Crippen LogP contribution in [-0.2, 0) is 9.53 Å². The van der Waals surface area contributed by atoms with Crippen molar-refractivity contribution in [2.24, 2.45) is 0 Å². The first-order valence-electron chi connectivity index (χ1n) is 10.4. The van der Waals surface area contributed by atoms with Gasteiger partial charge in [0.2, 0.25) is 11.9 Å². The Morgan fingerprint density at radius 2 is 1.73 bits per heavy atom. The average molecular weight is 415 g/mol. The van der Waals surface area contributed by atoms with Crippen LogP contribution in [-0.4, -0.2) is 80.4 Å². The molecule has 162 valence electrons. The summed E-state index contributed by atoms with van der Waals surface area (Å²) in [5.41, 5.74) is 0.799. The van der Waals surface area contributed by atoms with Gasteiger partial charge in [-0.3, -0.25) is 4.79 Å². The molecule has 9 heteroatoms. The monoisotopic (exact) mass is 415 g/mol. The number of ether oxygens (including phenoxy) is 3. The molecule has 2 aromatic rings. The molecule has 2 aliphatic rings. The highest BCUT2D eigenvalue weighted by Crippen LogP contribution is 2.35. The zero-order chi connectivity index (χ0) is 21.1. The number of morpholine rings is 1. The third-order valence-corrected chi connectivity index (χ3v) is 5.76. The standard InChI is InChI=1S/C21H29N5O4/c1-14(27)25-6-4-15(5-7-25)22-20-16-12-18(28-2)19(29-3)13-17(16)23-21(24-20)26-8-10-30-11-9-26/h12-13,15H,4-11H2,1-3H3,(H,22,23,24). The minimum atomic E-state index is 0.132. The van der Waals surface area contributed by atoms with E-state index in [0.717, 1.165) is 55.7 Å². The van der Waals surface area contributed by atoms with Crippen LogP contribution in [0.25, 0.3) is 10.9 Å². The number of benzene rings is 1. The second kappa shape index (κ2) is 8.91. The first-order valence-corrected chi connectivity index (χ1v) is 10.4. The number of likely N-dealkylation sites (tertiary alicyclic amines) is 1. The van der Waals surface area contributed by atoms with E-state index in [9.17, 15) is 4.79 Å². The SMILES string of the molecule is COc1cc2nc(N3CCOCC3)nc(NC3CCN(C(C)=O)CC3)c2cc1OC. The molecule has 0 atom stereocenters. The topological polar surface area (TPSA) is 89.1 Å². The summed E-state index contributed by atoms with van der Waals surface area (Å²) in [7, 11) is 3.24. The van der Waals surface area contributed by atoms with Gasteiger partial charge in [0.1, 0.15) is 5.82 Å². The van der Waals surface area contributed by atoms with Crippen LogP contribution in [0, 0.1) is 0 Å². The van der Waals surface area contributed by atoms with Gasteiger partial charge in [-0.05, 0) is 18.9 Å². The predicted octanol–water partition coefficient (Wildman–Crippen LogP) is 1.91. The van der Waals surface area contributed by atoms with E-state index in [1.54, 1.807) is 21.1 Å². The summed E-state index contributed by atoms with van der Waals surface area (Å²) in [6, 6.07) is 4.05. The second-order valence-corrected chi connectivity index (χ2v) is 7.62. The fraction of sp³-hybridized carbons (Fsp3) is 0.571. The largest absolute Gasteiger partial charge is 0.493 e. The first-order chi connectivity index (χ1) is 14.6. The Kier molecular flexibility index (Phi) is 6.08. The molecule has 2 aliphatic heterocycles. The number of carbonyl (C=O) groups is 1. The molecule has 1 N–H and O–H groups in total. The summed E-state index contributed by atoms with van der Waals surface area (Å²) in [6.07, 6.45) is 1.76. The molecule has 2 fully saturated rings. The Morgan fingerprint density at radius 3 is 2.37 bits per heavy atom. The number of nitrogens with one attached hydrogen (secondary N) is 1. The molecule has 0 unspecified atom stereocenters. The van der Waals surface area contributed by atoms with Crippen molar-refractivity contribution in [2.75, 3.05) is 63.8 Å². The number of methoxy groups -OCH3 is 2. The number of hydrogen-bond acceptors (Lipinski definition) is 8. The zero-order valence-electron chi connectivity index (χ0n) is 17.8. The second-order valence-electron chi connectivity index (χ2n) is 7.62. The minimum Gasteiger partial charge on any atom is -0.493 e. The van der Waals surface area contributed by atoms with Crippen molar-refractivity contribution >= 4 is 28.6 Å². The number of aromatic nitrogens is 2. The molecule has 0 bridgehead atoms. The van der Waals surface area contributed by atoms with Crippen molar-refractivity contribution in [3.63, 3.8) is 0 Å². The van der Waals surface area contributed by atoms with Gasteiger partial charge >= 0.3 is 0 Å². The maximum absolute atomic E-state index is 11.6. The van der Waals surface area contributed by atoms with Crippen LogP contribution in [0.15, 0.2) is 12.1 Å². The fourth-order valence-corrected chi connectivity index (χ4v) is 3.99. The van der Waals surface area contributed by atoms with Gasteiger partial charge in [0.15, 0.2) is 11.5 Å². The van der Waals surface area contributed by atoms with E-state index in [2.05, 4.69) is 10.2 Å². The van der Waals surface area contributed by atoms with E-state index < -0.39 is 0 Å². The molecule has 0 saturated carbocycles. The summed E-state index contributed by atoms with van der Waals surface area (Å²) >= 11 is 0. The smallest absolute Gasteiger partial charge is 0.228 e. The Balaban J connectivity index is 1.68. The Morgan fingerprint density at radius 1 is 1.07 bits per heavy atom. The normalized spacial score (nSPS) is 17.8. The summed E-state index contributed by atoms with van der Waals surface area (Å²) in [6.45, 7) is 5.98. The number of nitrogens with zero attached hydrogens (tertiary/aromatic N) is 4. The van der Waals surface area contributed by atoms with Crippen LogP contribution in [0.2, 0.25) is 0 Å². The van der Waals surface area contributed by atoms with Crippen LogP contribution < -0.4 is 19.7 Å². The van der Waals surface area contributed by atoms with Crippen LogP contribution >= 0.6 is 0 Å². The van der Waals surface area contributed by atoms with Crippen molar-refractivity contribution in [1.29, 1.82) is 0 Å². The van der Waals surface area contributed by atoms with Crippen LogP contribution in [0.4, 0.5) is 11.8 Å². The van der Waals surface area contributed by atoms with Gasteiger partial charge in [-0.15, -0.1) is 0 Å². The van der Waals surface area contributed by atoms with E-state index in [4.69, 9.17) is 24.2 Å². The lowest BCUT2D eigenvalue weighted by molar-refractivity contribution is -0.129. The molecule has 0 radical (unpaired) electrons. The van der Waals surface area contributed by atoms with E-state index in [1.165, 1.54) is 0 Å². The van der Waals surface area contributed by atoms with E-state index in [0.29, 0.717) is 30.7 Å². The van der Waals surface area contributed by atoms with Gasteiger partial charge < -0.3 is 29.3 Å². The molecule has 2 saturated heterocycles. The van der Waals surface area contributed by atoms with Crippen molar-refractivity contribution in [2.45, 2.75) is 25.8 Å². The van der Waals surface area contributed by atoms with Crippen molar-refractivity contribution in [3.05, 3.63) is 12.1 Å². The Bertz CT molecular complexity index is 908. The molecule has 3 heterocycles. The molecule has 0 aliphatic carbocycles. The molecule has 9 nitrogen and oxygen atoms in total. The van der Waals surface area contributed by atoms with Gasteiger partial charge in [0.25, 0.3) is 0 Å². The third-order valence-electron chi connectivity index (χ3n) is 5.76. The van der Waals surface area contributed by atoms with Crippen molar-refractivity contribution in [3.8, 4) is 11.5 Å². The van der Waals surface area contributed by atoms with E-state index >= 15 is 0 Å². The fourth-order valence-electron chi connectivity index (χ4n) is 3.99. The highest BCUT2D eigenvalue weighted by Gasteiger charge is 2.23. The molecule has 30 heavy (non-hydrogen) atoms. The lowest BCUT2D eigenvalue weighted by atomic mass is 10.0. The molecule has 1 aromatic heterocycles. The third kappa shape index (κ3) is 4.21. The molecule has 0 spiro atoms. The number of amides is 1. The maximum Gasteiger partial charge on any atom is 0.228 e. The lowest BCUT2D eigenvalue weighted by Gasteiger charge is -2.32. The van der Waals surface area contributed by atoms with Crippen molar-refractivity contribution < 1.29 is 19.0 Å². The summed E-state index contributed by atoms with van der Waals surface area (Å²) in [5, 5.41) is 4.50. The van der Waals surface area contributed by atoms with Gasteiger partial charge in [0.05, 0.1) is 33.0 Å². The first kappa shape index (κ1) is 20.5. The number of carbonyl (C=O) groups excluding carboxylic acids is 1. The highest BCUT2D eigenvalue weighted by molar-refractivity contribution is 5.93. The number of anilines is 2. The maximum atomic E-state index is 11.6. The van der Waals surface area contributed by atoms with Gasteiger partial charge in [-0.25, -0.2) is 4.98 Å². The molecular formula is C21H29N5O4. The molecule has 4 rings (SSSR count). The number of rotatable bonds is 5. The van der Waals surface area contributed by atoms with Crippen molar-refractivity contribution in [1.82, 2.24) is 14.9 Å². The Hall–Kier alpha value is -2.81.